The Hall–Kier alpha value is -12.2. The smallest absolute Gasteiger partial charge is 0.305 e. The van der Waals surface area contributed by atoms with E-state index < -0.39 is 31.2 Å². The van der Waals surface area contributed by atoms with Crippen LogP contribution in [0.15, 0.2) is 265 Å². The first-order valence-electron chi connectivity index (χ1n) is 39.0. The molecule has 6 heterocycles. The molecular weight excluding hydrogens is 1510 g/mol. The fourth-order valence-electron chi connectivity index (χ4n) is 15.5. The molecule has 21 nitrogen and oxygen atoms in total. The van der Waals surface area contributed by atoms with Gasteiger partial charge in [0, 0.05) is 61.4 Å². The molecule has 0 saturated carbocycles. The number of aliphatic hydroxyl groups is 1. The zero-order valence-electron chi connectivity index (χ0n) is 65.9. The summed E-state index contributed by atoms with van der Waals surface area (Å²) in [7, 11) is -6.24. The van der Waals surface area contributed by atoms with E-state index in [0.717, 1.165) is 44.7 Å². The van der Waals surface area contributed by atoms with Crippen LogP contribution in [0.4, 0.5) is 0 Å². The molecule has 1 N–H and O–H groups in total. The van der Waals surface area contributed by atoms with Gasteiger partial charge in [-0.2, -0.15) is 0 Å². The number of aromatic nitrogens is 8. The molecule has 117 heavy (non-hydrogen) atoms. The second-order valence-corrected chi connectivity index (χ2v) is 34.1. The van der Waals surface area contributed by atoms with E-state index in [1.807, 2.05) is 158 Å². The molecule has 0 atom stereocenters. The Bertz CT molecular complexity index is 6360. The SMILES string of the molecule is COc1ccc(COC(C)(C)c2ccc(-c3nc(COCCCC(=O)OCC4c5ccccc5-c5ccccc54)n4c3cnc3c4ccn3S(=O)(=O)c3ccc(C)cc3)cc2)cc1.Cc1ccc(S(=O)(=O)n2ccc3c2ncc2c(-c4ccc(C(C)(C)O)cc4)nc(COCCCC(=O)OCC4c5ccccc5-c5ccccc54)n23)cc1. The third-order valence-electron chi connectivity index (χ3n) is 21.9. The summed E-state index contributed by atoms with van der Waals surface area (Å²) in [6, 6.07) is 73.3. The van der Waals surface area contributed by atoms with Crippen molar-refractivity contribution in [1.29, 1.82) is 0 Å². The number of ether oxygens (including phenoxy) is 6. The topological polar surface area (TPSA) is 248 Å². The van der Waals surface area contributed by atoms with Crippen LogP contribution in [0.1, 0.15) is 127 Å². The van der Waals surface area contributed by atoms with Crippen LogP contribution in [0.2, 0.25) is 0 Å². The van der Waals surface area contributed by atoms with Crippen LogP contribution >= 0.6 is 0 Å². The van der Waals surface area contributed by atoms with Crippen LogP contribution in [0, 0.1) is 13.8 Å². The van der Waals surface area contributed by atoms with Crippen molar-refractivity contribution in [2.75, 3.05) is 33.5 Å². The molecule has 0 aliphatic heterocycles. The Morgan fingerprint density at radius 1 is 0.453 bits per heavy atom. The zero-order valence-corrected chi connectivity index (χ0v) is 67.6. The highest BCUT2D eigenvalue weighted by molar-refractivity contribution is 7.90. The van der Waals surface area contributed by atoms with Gasteiger partial charge in [0.25, 0.3) is 20.0 Å². The second-order valence-electron chi connectivity index (χ2n) is 30.5. The molecule has 6 aromatic heterocycles. The second kappa shape index (κ2) is 32.8. The van der Waals surface area contributed by atoms with Crippen LogP contribution in [-0.4, -0.2) is 104 Å². The van der Waals surface area contributed by atoms with Crippen molar-refractivity contribution >= 4 is 65.3 Å². The Labute approximate surface area is 678 Å². The van der Waals surface area contributed by atoms with Gasteiger partial charge in [-0.15, -0.1) is 0 Å². The number of esters is 2. The maximum atomic E-state index is 13.9. The number of nitrogens with zero attached hydrogens (tertiary/aromatic N) is 8. The number of methoxy groups -OCH3 is 1. The van der Waals surface area contributed by atoms with Crippen molar-refractivity contribution < 1.29 is 60.0 Å². The predicted molar refractivity (Wildman–Crippen MR) is 449 cm³/mol. The lowest BCUT2D eigenvalue weighted by Crippen LogP contribution is -2.21. The first kappa shape index (κ1) is 78.7. The molecule has 2 aliphatic carbocycles. The summed E-state index contributed by atoms with van der Waals surface area (Å²) in [5.74, 6) is 1.33. The quantitative estimate of drug-likeness (QED) is 0.0353. The van der Waals surface area contributed by atoms with Crippen molar-refractivity contribution in [2.45, 2.75) is 120 Å². The molecule has 0 amide bonds. The maximum absolute atomic E-state index is 13.9. The predicted octanol–water partition coefficient (Wildman–Crippen LogP) is 17.8. The first-order chi connectivity index (χ1) is 56.5. The molecule has 0 bridgehead atoms. The summed E-state index contributed by atoms with van der Waals surface area (Å²) in [5, 5.41) is 10.5. The van der Waals surface area contributed by atoms with Crippen LogP contribution in [0.5, 0.6) is 5.75 Å². The van der Waals surface area contributed by atoms with Gasteiger partial charge in [-0.25, -0.2) is 44.7 Å². The number of fused-ring (bicyclic) bond motifs is 12. The van der Waals surface area contributed by atoms with Gasteiger partial charge in [-0.1, -0.05) is 193 Å². The minimum atomic E-state index is -3.95. The Morgan fingerprint density at radius 3 is 1.22 bits per heavy atom. The van der Waals surface area contributed by atoms with Crippen LogP contribution < -0.4 is 4.74 Å². The molecular formula is C94H88N8O13S2. The van der Waals surface area contributed by atoms with E-state index >= 15 is 0 Å². The molecule has 15 aromatic rings. The molecule has 0 fully saturated rings. The zero-order chi connectivity index (χ0) is 81.3. The van der Waals surface area contributed by atoms with Crippen molar-refractivity contribution in [2.24, 2.45) is 0 Å². The van der Waals surface area contributed by atoms with Crippen molar-refractivity contribution in [3.05, 3.63) is 317 Å². The molecule has 9 aromatic carbocycles. The maximum Gasteiger partial charge on any atom is 0.305 e. The van der Waals surface area contributed by atoms with Crippen molar-refractivity contribution in [1.82, 2.24) is 36.7 Å². The fraction of sp³-hybridized carbons (Fsp3) is 0.234. The number of rotatable bonds is 28. The number of hydrogen-bond donors (Lipinski definition) is 1. The molecule has 17 rings (SSSR count). The van der Waals surface area contributed by atoms with Crippen LogP contribution in [0.25, 0.3) is 78.1 Å². The molecule has 0 saturated heterocycles. The van der Waals surface area contributed by atoms with Crippen LogP contribution in [0.3, 0.4) is 0 Å². The van der Waals surface area contributed by atoms with Gasteiger partial charge < -0.3 is 33.5 Å². The van der Waals surface area contributed by atoms with Gasteiger partial charge in [-0.3, -0.25) is 18.4 Å². The molecule has 594 valence electrons. The van der Waals surface area contributed by atoms with Gasteiger partial charge in [0.05, 0.1) is 80.6 Å². The highest BCUT2D eigenvalue weighted by Gasteiger charge is 2.33. The van der Waals surface area contributed by atoms with E-state index in [-0.39, 0.29) is 97.3 Å². The number of hydrogen-bond acceptors (Lipinski definition) is 17. The van der Waals surface area contributed by atoms with E-state index in [4.69, 9.17) is 43.4 Å². The lowest BCUT2D eigenvalue weighted by atomic mass is 9.96. The lowest BCUT2D eigenvalue weighted by Gasteiger charge is -2.26. The number of aryl methyl sites for hydroxylation is 2. The highest BCUT2D eigenvalue weighted by atomic mass is 32.2. The summed E-state index contributed by atoms with van der Waals surface area (Å²) in [6.45, 7) is 13.1. The van der Waals surface area contributed by atoms with Gasteiger partial charge >= 0.3 is 11.9 Å². The summed E-state index contributed by atoms with van der Waals surface area (Å²) < 4.78 is 96.9. The fourth-order valence-corrected chi connectivity index (χ4v) is 18.1. The summed E-state index contributed by atoms with van der Waals surface area (Å²) in [4.78, 5) is 45.5. The average molecular weight is 1600 g/mol. The number of imidazole rings is 2. The molecule has 0 radical (unpaired) electrons. The number of carbonyl (C=O) groups is 2. The van der Waals surface area contributed by atoms with Crippen molar-refractivity contribution in [3.63, 3.8) is 0 Å². The minimum Gasteiger partial charge on any atom is -0.497 e. The monoisotopic (exact) mass is 1600 g/mol. The van der Waals surface area contributed by atoms with E-state index in [1.165, 1.54) is 64.8 Å². The van der Waals surface area contributed by atoms with Gasteiger partial charge in [0.1, 0.15) is 43.8 Å². The normalized spacial score (nSPS) is 12.9. The molecule has 23 heteroatoms. The Morgan fingerprint density at radius 2 is 0.838 bits per heavy atom. The lowest BCUT2D eigenvalue weighted by molar-refractivity contribution is -0.145. The molecule has 0 unspecified atom stereocenters. The molecule has 2 aliphatic rings. The number of carbonyl (C=O) groups excluding carboxylic acids is 2. The van der Waals surface area contributed by atoms with Crippen LogP contribution in [-0.2, 0) is 84.3 Å². The van der Waals surface area contributed by atoms with E-state index in [0.29, 0.717) is 64.6 Å². The van der Waals surface area contributed by atoms with Crippen molar-refractivity contribution in [3.8, 4) is 50.5 Å². The van der Waals surface area contributed by atoms with Gasteiger partial charge in [-0.05, 0) is 164 Å². The summed E-state index contributed by atoms with van der Waals surface area (Å²) >= 11 is 0. The number of benzene rings is 9. The largest absolute Gasteiger partial charge is 0.497 e. The summed E-state index contributed by atoms with van der Waals surface area (Å²) in [6.07, 6.45) is 7.60. The van der Waals surface area contributed by atoms with Gasteiger partial charge in [0.2, 0.25) is 0 Å². The molecule has 0 spiro atoms. The highest BCUT2D eigenvalue weighted by Crippen LogP contribution is 2.47. The van der Waals surface area contributed by atoms with E-state index in [1.54, 1.807) is 94.0 Å². The van der Waals surface area contributed by atoms with Gasteiger partial charge in [0.15, 0.2) is 11.3 Å². The Balaban J connectivity index is 0.000000177. The summed E-state index contributed by atoms with van der Waals surface area (Å²) in [5.41, 5.74) is 18.4. The standard InChI is InChI=1S/C51H48N4O7S.C43H40N4O6S/c1-34-15-25-39(26-16-34)63(57,58)54-28-27-45-50(54)52-30-46-49(36-19-21-37(22-20-36)51(2,3)62-31-35-17-23-38(59-4)24-18-35)53-47(55(45)46)33-60-29-9-14-48(56)61-32-44-42-12-7-5-10-40(42)41-11-6-8-13-43(41)44;1-28-14-20-31(21-15-28)54(50,51)46-23-22-37-42(46)44-25-38-41(29-16-18-30(19-17-29)43(2,3)49)45-39(47(37)38)27-52-24-8-13-40(48)53-26-36-34-11-6-4-9-32(34)33-10-5-7-12-35(33)36/h5-8,10-13,15-28,30,44H,9,14,29,31-33H2,1-4H3;4-7,9-12,14-23,25,36,49H,8,13,24,26-27H2,1-3H3. The minimum absolute atomic E-state index is 0.0000752. The van der Waals surface area contributed by atoms with E-state index in [9.17, 15) is 31.5 Å². The van der Waals surface area contributed by atoms with E-state index in [2.05, 4.69) is 53.5 Å². The average Bonchev–Trinajstić information content (AvgIpc) is 1.60. The first-order valence-corrected chi connectivity index (χ1v) is 41.8. The third kappa shape index (κ3) is 15.9. The Kier molecular flexibility index (Phi) is 22.1. The third-order valence-corrected chi connectivity index (χ3v) is 25.2.